The van der Waals surface area contributed by atoms with Gasteiger partial charge in [0.05, 0.1) is 13.3 Å². The second-order valence-electron chi connectivity index (χ2n) is 3.51. The maximum Gasteiger partial charge on any atom is 0.125 e. The van der Waals surface area contributed by atoms with Crippen LogP contribution in [0.25, 0.3) is 0 Å². The monoisotopic (exact) mass is 228 g/mol. The Bertz CT molecular complexity index is 366. The molecule has 0 aliphatic rings. The molecule has 0 saturated carbocycles. The minimum atomic E-state index is -0.266. The van der Waals surface area contributed by atoms with Crippen LogP contribution >= 0.6 is 11.6 Å². The lowest BCUT2D eigenvalue weighted by molar-refractivity contribution is 0.401. The van der Waals surface area contributed by atoms with Gasteiger partial charge in [-0.15, -0.1) is 0 Å². The molecular weight excluding hydrogens is 212 g/mol. The Balaban J connectivity index is 3.40. The van der Waals surface area contributed by atoms with Crippen LogP contribution in [0.15, 0.2) is 6.07 Å². The lowest BCUT2D eigenvalue weighted by Gasteiger charge is -2.19. The highest BCUT2D eigenvalue weighted by Gasteiger charge is 2.17. The van der Waals surface area contributed by atoms with Gasteiger partial charge in [-0.25, -0.2) is 0 Å². The fourth-order valence-corrected chi connectivity index (χ4v) is 1.79. The van der Waals surface area contributed by atoms with E-state index < -0.39 is 0 Å². The Morgan fingerprint density at radius 1 is 1.47 bits per heavy atom. The van der Waals surface area contributed by atoms with E-state index in [0.717, 1.165) is 27.5 Å². The molecule has 0 aliphatic carbocycles. The smallest absolute Gasteiger partial charge is 0.125 e. The molecule has 0 heterocycles. The van der Waals surface area contributed by atoms with Crippen molar-refractivity contribution in [1.29, 1.82) is 0 Å². The van der Waals surface area contributed by atoms with E-state index in [1.165, 1.54) is 0 Å². The van der Waals surface area contributed by atoms with E-state index in [9.17, 15) is 0 Å². The predicted octanol–water partition coefficient (Wildman–Crippen LogP) is 2.14. The number of nitrogens with one attached hydrogen (secondary N) is 1. The zero-order valence-corrected chi connectivity index (χ0v) is 10.3. The van der Waals surface area contributed by atoms with Gasteiger partial charge in [0, 0.05) is 10.6 Å². The van der Waals surface area contributed by atoms with Crippen LogP contribution in [0.2, 0.25) is 5.02 Å². The van der Waals surface area contributed by atoms with Crippen LogP contribution in [0, 0.1) is 13.8 Å². The summed E-state index contributed by atoms with van der Waals surface area (Å²) in [5.74, 6) is 0.774. The second-order valence-corrected chi connectivity index (χ2v) is 3.89. The molecule has 0 saturated heterocycles. The first-order valence-corrected chi connectivity index (χ1v) is 5.17. The van der Waals surface area contributed by atoms with E-state index in [1.54, 1.807) is 14.2 Å². The number of ether oxygens (including phenoxy) is 1. The van der Waals surface area contributed by atoms with E-state index in [1.807, 2.05) is 19.9 Å². The average molecular weight is 229 g/mol. The lowest BCUT2D eigenvalue weighted by atomic mass is 10.0. The number of methoxy groups -OCH3 is 1. The van der Waals surface area contributed by atoms with Gasteiger partial charge in [-0.05, 0) is 38.1 Å². The van der Waals surface area contributed by atoms with Crippen molar-refractivity contribution in [2.45, 2.75) is 20.0 Å². The molecule has 1 rings (SSSR count). The van der Waals surface area contributed by atoms with Crippen molar-refractivity contribution in [3.05, 3.63) is 27.8 Å². The third-order valence-corrected chi connectivity index (χ3v) is 3.12. The van der Waals surface area contributed by atoms with Crippen LogP contribution in [0.1, 0.15) is 22.9 Å². The molecule has 0 aromatic heterocycles. The minimum Gasteiger partial charge on any atom is -0.496 e. The van der Waals surface area contributed by atoms with E-state index in [0.29, 0.717) is 0 Å². The maximum atomic E-state index is 6.17. The molecule has 0 aliphatic heterocycles. The number of hydrogen-bond acceptors (Lipinski definition) is 3. The van der Waals surface area contributed by atoms with Crippen LogP contribution in [0.4, 0.5) is 0 Å². The Morgan fingerprint density at radius 3 is 2.53 bits per heavy atom. The van der Waals surface area contributed by atoms with Crippen molar-refractivity contribution in [1.82, 2.24) is 5.32 Å². The molecule has 0 fully saturated rings. The molecule has 84 valence electrons. The van der Waals surface area contributed by atoms with Crippen molar-refractivity contribution >= 4 is 11.6 Å². The summed E-state index contributed by atoms with van der Waals surface area (Å²) in [7, 11) is 3.44. The van der Waals surface area contributed by atoms with E-state index in [4.69, 9.17) is 22.1 Å². The molecule has 0 spiro atoms. The molecule has 1 aromatic carbocycles. The van der Waals surface area contributed by atoms with Crippen molar-refractivity contribution in [3.8, 4) is 5.75 Å². The van der Waals surface area contributed by atoms with Gasteiger partial charge in [-0.2, -0.15) is 0 Å². The molecule has 1 aromatic rings. The van der Waals surface area contributed by atoms with Crippen molar-refractivity contribution < 1.29 is 4.74 Å². The first kappa shape index (κ1) is 12.3. The van der Waals surface area contributed by atoms with Gasteiger partial charge >= 0.3 is 0 Å². The summed E-state index contributed by atoms with van der Waals surface area (Å²) >= 11 is 6.17. The molecule has 3 nitrogen and oxygen atoms in total. The number of aryl methyl sites for hydroxylation is 1. The van der Waals surface area contributed by atoms with Crippen LogP contribution in [0.5, 0.6) is 5.75 Å². The van der Waals surface area contributed by atoms with Crippen LogP contribution in [0.3, 0.4) is 0 Å². The fourth-order valence-electron chi connectivity index (χ4n) is 1.64. The summed E-state index contributed by atoms with van der Waals surface area (Å²) in [5, 5.41) is 3.73. The Kier molecular flexibility index (Phi) is 3.97. The summed E-state index contributed by atoms with van der Waals surface area (Å²) in [6.07, 6.45) is -0.266. The van der Waals surface area contributed by atoms with Crippen molar-refractivity contribution in [2.24, 2.45) is 5.73 Å². The van der Waals surface area contributed by atoms with Crippen LogP contribution < -0.4 is 15.8 Å². The molecule has 1 unspecified atom stereocenters. The summed E-state index contributed by atoms with van der Waals surface area (Å²) < 4.78 is 5.31. The Labute approximate surface area is 95.6 Å². The molecule has 0 radical (unpaired) electrons. The molecule has 3 N–H and O–H groups in total. The topological polar surface area (TPSA) is 47.3 Å². The van der Waals surface area contributed by atoms with Gasteiger partial charge in [-0.1, -0.05) is 11.6 Å². The molecule has 15 heavy (non-hydrogen) atoms. The second kappa shape index (κ2) is 4.84. The Hall–Kier alpha value is -0.770. The zero-order chi connectivity index (χ0) is 11.6. The fraction of sp³-hybridized carbons (Fsp3) is 0.455. The van der Waals surface area contributed by atoms with E-state index in [2.05, 4.69) is 5.32 Å². The highest BCUT2D eigenvalue weighted by Crippen LogP contribution is 2.33. The SMILES string of the molecule is CNC(N)c1c(OC)cc(C)c(Cl)c1C. The van der Waals surface area contributed by atoms with Crippen LogP contribution in [-0.2, 0) is 0 Å². The first-order chi connectivity index (χ1) is 7.02. The van der Waals surface area contributed by atoms with E-state index in [-0.39, 0.29) is 6.17 Å². The number of benzene rings is 1. The molecule has 0 bridgehead atoms. The number of hydrogen-bond donors (Lipinski definition) is 2. The van der Waals surface area contributed by atoms with E-state index >= 15 is 0 Å². The molecular formula is C11H17ClN2O. The zero-order valence-electron chi connectivity index (χ0n) is 9.52. The number of nitrogens with two attached hydrogens (primary N) is 1. The van der Waals surface area contributed by atoms with Crippen molar-refractivity contribution in [3.63, 3.8) is 0 Å². The highest BCUT2D eigenvalue weighted by atomic mass is 35.5. The summed E-state index contributed by atoms with van der Waals surface area (Å²) in [4.78, 5) is 0. The standard InChI is InChI=1S/C11H17ClN2O/c1-6-5-8(15-4)9(11(13)14-3)7(2)10(6)12/h5,11,14H,13H2,1-4H3. The van der Waals surface area contributed by atoms with Gasteiger partial charge < -0.3 is 15.8 Å². The van der Waals surface area contributed by atoms with Gasteiger partial charge in [0.1, 0.15) is 5.75 Å². The third-order valence-electron chi connectivity index (χ3n) is 2.53. The maximum absolute atomic E-state index is 6.17. The summed E-state index contributed by atoms with van der Waals surface area (Å²) in [6.45, 7) is 3.90. The Morgan fingerprint density at radius 2 is 2.07 bits per heavy atom. The molecule has 1 atom stereocenters. The lowest BCUT2D eigenvalue weighted by Crippen LogP contribution is -2.26. The van der Waals surface area contributed by atoms with Gasteiger partial charge in [-0.3, -0.25) is 0 Å². The summed E-state index contributed by atoms with van der Waals surface area (Å²) in [6, 6.07) is 1.90. The molecule has 4 heteroatoms. The van der Waals surface area contributed by atoms with Gasteiger partial charge in [0.15, 0.2) is 0 Å². The number of halogens is 1. The third kappa shape index (κ3) is 2.25. The predicted molar refractivity (Wildman–Crippen MR) is 63.5 cm³/mol. The summed E-state index contributed by atoms with van der Waals surface area (Å²) in [5.41, 5.74) is 8.82. The highest BCUT2D eigenvalue weighted by molar-refractivity contribution is 6.32. The minimum absolute atomic E-state index is 0.266. The van der Waals surface area contributed by atoms with Crippen LogP contribution in [-0.4, -0.2) is 14.2 Å². The largest absolute Gasteiger partial charge is 0.496 e. The number of rotatable bonds is 3. The van der Waals surface area contributed by atoms with Gasteiger partial charge in [0.2, 0.25) is 0 Å². The van der Waals surface area contributed by atoms with Gasteiger partial charge in [0.25, 0.3) is 0 Å². The molecule has 0 amide bonds. The average Bonchev–Trinajstić information content (AvgIpc) is 2.24. The quantitative estimate of drug-likeness (QED) is 0.780. The van der Waals surface area contributed by atoms with Crippen molar-refractivity contribution in [2.75, 3.05) is 14.2 Å². The normalized spacial score (nSPS) is 12.7. The first-order valence-electron chi connectivity index (χ1n) is 4.79.